The molecule has 3 N–H and O–H groups in total. The van der Waals surface area contributed by atoms with Crippen molar-refractivity contribution in [1.82, 2.24) is 14.8 Å². The average Bonchev–Trinajstić information content (AvgIpc) is 3.34. The van der Waals surface area contributed by atoms with Crippen molar-refractivity contribution in [2.24, 2.45) is 5.73 Å². The summed E-state index contributed by atoms with van der Waals surface area (Å²) in [6.45, 7) is 3.11. The van der Waals surface area contributed by atoms with E-state index >= 15 is 0 Å². The quantitative estimate of drug-likeness (QED) is 0.517. The number of hydrogen-bond donors (Lipinski definition) is 2. The molecular formula is C24H21N5O2. The molecule has 5 rings (SSSR count). The van der Waals surface area contributed by atoms with E-state index < -0.39 is 0 Å². The molecule has 1 atom stereocenters. The first-order valence-electron chi connectivity index (χ1n) is 10.1. The fraction of sp³-hybridized carbons (Fsp3) is 0.167. The van der Waals surface area contributed by atoms with Crippen LogP contribution < -0.4 is 15.2 Å². The highest BCUT2D eigenvalue weighted by Crippen LogP contribution is 2.45. The van der Waals surface area contributed by atoms with Crippen molar-refractivity contribution in [3.05, 3.63) is 89.1 Å². The molecule has 1 aliphatic rings. The van der Waals surface area contributed by atoms with Gasteiger partial charge in [-0.1, -0.05) is 36.4 Å². The van der Waals surface area contributed by atoms with Gasteiger partial charge in [0, 0.05) is 28.4 Å². The van der Waals surface area contributed by atoms with Crippen LogP contribution in [0, 0.1) is 18.3 Å². The van der Waals surface area contributed by atoms with Crippen LogP contribution in [0.5, 0.6) is 11.6 Å². The lowest BCUT2D eigenvalue weighted by atomic mass is 9.84. The van der Waals surface area contributed by atoms with Crippen LogP contribution in [0.25, 0.3) is 10.9 Å². The molecule has 0 radical (unpaired) electrons. The number of para-hydroxylation sites is 2. The molecule has 4 aromatic rings. The van der Waals surface area contributed by atoms with Crippen molar-refractivity contribution in [3.8, 4) is 17.7 Å². The molecule has 2 aromatic carbocycles. The van der Waals surface area contributed by atoms with Gasteiger partial charge in [-0.25, -0.2) is 0 Å². The molecule has 7 nitrogen and oxygen atoms in total. The molecule has 3 heterocycles. The van der Waals surface area contributed by atoms with Gasteiger partial charge >= 0.3 is 0 Å². The van der Waals surface area contributed by atoms with E-state index in [4.69, 9.17) is 15.2 Å². The Morgan fingerprint density at radius 2 is 1.97 bits per heavy atom. The Morgan fingerprint density at radius 1 is 1.19 bits per heavy atom. The molecule has 7 heteroatoms. The highest BCUT2D eigenvalue weighted by Gasteiger charge is 2.35. The molecule has 154 valence electrons. The van der Waals surface area contributed by atoms with Crippen molar-refractivity contribution >= 4 is 10.9 Å². The summed E-state index contributed by atoms with van der Waals surface area (Å²) in [5.74, 6) is 0.998. The monoisotopic (exact) mass is 411 g/mol. The zero-order chi connectivity index (χ0) is 21.4. The first-order valence-corrected chi connectivity index (χ1v) is 10.1. The van der Waals surface area contributed by atoms with E-state index in [2.05, 4.69) is 39.2 Å². The van der Waals surface area contributed by atoms with Gasteiger partial charge in [-0.2, -0.15) is 5.26 Å². The molecule has 0 saturated heterocycles. The Balaban J connectivity index is 1.56. The maximum atomic E-state index is 9.87. The lowest BCUT2D eigenvalue weighted by Gasteiger charge is -2.23. The summed E-state index contributed by atoms with van der Waals surface area (Å²) >= 11 is 0. The minimum Gasteiger partial charge on any atom is -0.492 e. The molecule has 1 unspecified atom stereocenters. The molecule has 0 bridgehead atoms. The number of rotatable bonds is 5. The lowest BCUT2D eigenvalue weighted by Crippen LogP contribution is -2.21. The van der Waals surface area contributed by atoms with Crippen LogP contribution in [0.2, 0.25) is 0 Å². The van der Waals surface area contributed by atoms with Crippen LogP contribution in [0.3, 0.4) is 0 Å². The van der Waals surface area contributed by atoms with Crippen LogP contribution in [0.4, 0.5) is 0 Å². The summed E-state index contributed by atoms with van der Waals surface area (Å²) < 4.78 is 13.7. The van der Waals surface area contributed by atoms with Gasteiger partial charge in [-0.05, 0) is 30.7 Å². The molecule has 0 spiro atoms. The van der Waals surface area contributed by atoms with Gasteiger partial charge in [-0.15, -0.1) is 5.10 Å². The third-order valence-electron chi connectivity index (χ3n) is 5.60. The number of aromatic nitrogens is 3. The van der Waals surface area contributed by atoms with Crippen molar-refractivity contribution < 1.29 is 9.47 Å². The summed E-state index contributed by atoms with van der Waals surface area (Å²) in [6, 6.07) is 20.1. The standard InChI is InChI=1S/C24H21N5O2/c1-15-21-22(18(13-25)23(26)31-24(21)28-27-15)19-14-29(20-10-6-5-9-17(19)20)11-12-30-16-7-3-2-4-8-16/h2-10,14,22H,11-12,26H2,1H3,(H,27,28). The number of ether oxygens (including phenoxy) is 2. The number of allylic oxidation sites excluding steroid dienone is 1. The lowest BCUT2D eigenvalue weighted by molar-refractivity contribution is 0.300. The topological polar surface area (TPSA) is 102 Å². The second-order valence-corrected chi connectivity index (χ2v) is 7.45. The Hall–Kier alpha value is -4.18. The van der Waals surface area contributed by atoms with Gasteiger partial charge in [0.1, 0.15) is 24.0 Å². The van der Waals surface area contributed by atoms with Crippen molar-refractivity contribution in [3.63, 3.8) is 0 Å². The van der Waals surface area contributed by atoms with Crippen LogP contribution in [0.15, 0.2) is 72.3 Å². The second kappa shape index (κ2) is 7.58. The predicted octanol–water partition coefficient (Wildman–Crippen LogP) is 3.97. The molecule has 2 aromatic heterocycles. The Kier molecular flexibility index (Phi) is 4.60. The Labute approximate surface area is 179 Å². The van der Waals surface area contributed by atoms with E-state index in [1.165, 1.54) is 0 Å². The number of benzene rings is 2. The summed E-state index contributed by atoms with van der Waals surface area (Å²) in [7, 11) is 0. The van der Waals surface area contributed by atoms with Crippen LogP contribution >= 0.6 is 0 Å². The molecule has 1 aliphatic heterocycles. The summed E-state index contributed by atoms with van der Waals surface area (Å²) in [5, 5.41) is 18.1. The van der Waals surface area contributed by atoms with Gasteiger partial charge in [0.2, 0.25) is 11.8 Å². The third-order valence-corrected chi connectivity index (χ3v) is 5.60. The van der Waals surface area contributed by atoms with Crippen LogP contribution in [-0.4, -0.2) is 21.4 Å². The molecule has 0 fully saturated rings. The first-order chi connectivity index (χ1) is 15.2. The van der Waals surface area contributed by atoms with Crippen LogP contribution in [0.1, 0.15) is 22.7 Å². The summed E-state index contributed by atoms with van der Waals surface area (Å²) in [5.41, 5.74) is 10.2. The number of nitrogens with one attached hydrogen (secondary N) is 1. The minimum absolute atomic E-state index is 0.0933. The minimum atomic E-state index is -0.353. The van der Waals surface area contributed by atoms with Crippen molar-refractivity contribution in [2.45, 2.75) is 19.4 Å². The maximum Gasteiger partial charge on any atom is 0.244 e. The van der Waals surface area contributed by atoms with E-state index in [1.54, 1.807) is 0 Å². The summed E-state index contributed by atoms with van der Waals surface area (Å²) in [6.07, 6.45) is 2.08. The largest absolute Gasteiger partial charge is 0.492 e. The predicted molar refractivity (Wildman–Crippen MR) is 116 cm³/mol. The van der Waals surface area contributed by atoms with E-state index in [0.717, 1.165) is 33.5 Å². The van der Waals surface area contributed by atoms with Crippen LogP contribution in [-0.2, 0) is 6.54 Å². The van der Waals surface area contributed by atoms with Gasteiger partial charge in [0.25, 0.3) is 0 Å². The molecule has 0 saturated carbocycles. The summed E-state index contributed by atoms with van der Waals surface area (Å²) in [4.78, 5) is 0. The molecular weight excluding hydrogens is 390 g/mol. The molecule has 0 aliphatic carbocycles. The zero-order valence-electron chi connectivity index (χ0n) is 17.0. The van der Waals surface area contributed by atoms with Crippen molar-refractivity contribution in [2.75, 3.05) is 6.61 Å². The number of nitrogens with two attached hydrogens (primary N) is 1. The normalized spacial score (nSPS) is 15.4. The second-order valence-electron chi connectivity index (χ2n) is 7.45. The highest BCUT2D eigenvalue weighted by molar-refractivity contribution is 5.86. The van der Waals surface area contributed by atoms with E-state index in [1.807, 2.05) is 49.4 Å². The highest BCUT2D eigenvalue weighted by atomic mass is 16.5. The SMILES string of the molecule is Cc1[nH]nc2c1C(c1cn(CCOc3ccccc3)c3ccccc13)C(C#N)=C(N)O2. The number of nitriles is 1. The number of H-pyrrole nitrogens is 1. The smallest absolute Gasteiger partial charge is 0.244 e. The Morgan fingerprint density at radius 3 is 2.77 bits per heavy atom. The van der Waals surface area contributed by atoms with E-state index in [9.17, 15) is 5.26 Å². The number of hydrogen-bond acceptors (Lipinski definition) is 5. The van der Waals surface area contributed by atoms with Crippen molar-refractivity contribution in [1.29, 1.82) is 5.26 Å². The van der Waals surface area contributed by atoms with E-state index in [0.29, 0.717) is 24.6 Å². The maximum absolute atomic E-state index is 9.87. The average molecular weight is 411 g/mol. The number of fused-ring (bicyclic) bond motifs is 2. The molecule has 31 heavy (non-hydrogen) atoms. The van der Waals surface area contributed by atoms with E-state index in [-0.39, 0.29) is 11.8 Å². The number of aromatic amines is 1. The Bertz CT molecular complexity index is 1330. The fourth-order valence-electron chi connectivity index (χ4n) is 4.18. The number of aryl methyl sites for hydroxylation is 1. The van der Waals surface area contributed by atoms with Gasteiger partial charge in [0.05, 0.1) is 12.5 Å². The first kappa shape index (κ1) is 18.8. The fourth-order valence-corrected chi connectivity index (χ4v) is 4.18. The van der Waals surface area contributed by atoms with Gasteiger partial charge in [0.15, 0.2) is 0 Å². The molecule has 0 amide bonds. The zero-order valence-corrected chi connectivity index (χ0v) is 17.0. The van der Waals surface area contributed by atoms with Gasteiger partial charge < -0.3 is 19.8 Å². The number of nitrogens with zero attached hydrogens (tertiary/aromatic N) is 3. The van der Waals surface area contributed by atoms with Gasteiger partial charge in [-0.3, -0.25) is 5.10 Å². The third kappa shape index (κ3) is 3.19.